The predicted molar refractivity (Wildman–Crippen MR) is 118 cm³/mol. The molecule has 0 aliphatic heterocycles. The number of fused-ring (bicyclic) bond motifs is 1. The van der Waals surface area contributed by atoms with Gasteiger partial charge in [0.2, 0.25) is 0 Å². The van der Waals surface area contributed by atoms with Crippen LogP contribution in [0.5, 0.6) is 0 Å². The standard InChI is InChI=1S/C7H2BrCl2FO.C7H3BrCl2N2.CH4.H2N2.H2/c8-6-3(2-12)5(11)1-4(9)7(6)10;8-6-3-2-11-12-5(3)1-4(9)7(6)10;;1-2;/h1-2H;1-2H,(H,11,12);1H4;1-2H;1H. The number of hydrogen-bond donors (Lipinski definition) is 3. The van der Waals surface area contributed by atoms with Gasteiger partial charge >= 0.3 is 0 Å². The summed E-state index contributed by atoms with van der Waals surface area (Å²) in [6.45, 7) is 0. The first kappa shape index (κ1) is 26.2. The van der Waals surface area contributed by atoms with Crippen LogP contribution in [0.2, 0.25) is 20.1 Å². The van der Waals surface area contributed by atoms with Crippen LogP contribution in [0.25, 0.3) is 10.9 Å². The molecule has 2 aromatic carbocycles. The molecule has 3 N–H and O–H groups in total. The van der Waals surface area contributed by atoms with Gasteiger partial charge in [-0.25, -0.2) is 15.5 Å². The van der Waals surface area contributed by atoms with E-state index in [4.69, 9.17) is 57.5 Å². The Bertz CT molecular complexity index is 962. The summed E-state index contributed by atoms with van der Waals surface area (Å²) in [5.41, 5.74) is 10.8. The summed E-state index contributed by atoms with van der Waals surface area (Å²) in [5, 5.41) is 8.86. The largest absolute Gasteiger partial charge is 0.298 e. The van der Waals surface area contributed by atoms with E-state index in [1.165, 1.54) is 0 Å². The van der Waals surface area contributed by atoms with E-state index in [9.17, 15) is 9.18 Å². The van der Waals surface area contributed by atoms with Gasteiger partial charge in [0, 0.05) is 11.3 Å². The van der Waals surface area contributed by atoms with Crippen LogP contribution >= 0.6 is 78.3 Å². The zero-order valence-corrected chi connectivity index (χ0v) is 18.5. The molecule has 5 nitrogen and oxygen atoms in total. The SMILES string of the molecule is C.Clc1cc2[nH]ncc2c(Br)c1Cl.N=N.O=Cc1c(F)cc(Cl)c(Cl)c1Br.[HH]. The highest BCUT2D eigenvalue weighted by atomic mass is 79.9. The van der Waals surface area contributed by atoms with E-state index in [-0.39, 0.29) is 28.9 Å². The van der Waals surface area contributed by atoms with E-state index >= 15 is 0 Å². The summed E-state index contributed by atoms with van der Waals surface area (Å²) >= 11 is 29.2. The van der Waals surface area contributed by atoms with Gasteiger partial charge in [-0.2, -0.15) is 5.10 Å². The number of halogens is 7. The molecular formula is C15H13Br2Cl4FN4O. The molecule has 148 valence electrons. The quantitative estimate of drug-likeness (QED) is 0.115. The van der Waals surface area contributed by atoms with Crippen molar-refractivity contribution in [3.05, 3.63) is 58.7 Å². The molecule has 0 aliphatic rings. The Balaban J connectivity index is 0. The fourth-order valence-corrected chi connectivity index (χ4v) is 3.64. The number of carbonyl (C=O) groups excluding carboxylic acids is 1. The average Bonchev–Trinajstić information content (AvgIpc) is 3.09. The average molecular weight is 586 g/mol. The van der Waals surface area contributed by atoms with Crippen molar-refractivity contribution in [2.75, 3.05) is 0 Å². The molecule has 3 rings (SSSR count). The van der Waals surface area contributed by atoms with Gasteiger partial charge in [-0.15, -0.1) is 0 Å². The van der Waals surface area contributed by atoms with E-state index in [0.717, 1.165) is 21.4 Å². The van der Waals surface area contributed by atoms with Gasteiger partial charge in [-0.1, -0.05) is 53.8 Å². The van der Waals surface area contributed by atoms with E-state index in [1.54, 1.807) is 12.3 Å². The number of nitrogens with one attached hydrogen (secondary N) is 3. The highest BCUT2D eigenvalue weighted by molar-refractivity contribution is 9.11. The topological polar surface area (TPSA) is 93.4 Å². The minimum atomic E-state index is -0.689. The normalized spacial score (nSPS) is 9.44. The molecule has 0 atom stereocenters. The molecule has 0 bridgehead atoms. The van der Waals surface area contributed by atoms with Crippen molar-refractivity contribution in [3.8, 4) is 0 Å². The molecule has 0 unspecified atom stereocenters. The van der Waals surface area contributed by atoms with Crippen molar-refractivity contribution in [2.24, 2.45) is 0 Å². The highest BCUT2D eigenvalue weighted by Gasteiger charge is 2.13. The Morgan fingerprint density at radius 1 is 1.07 bits per heavy atom. The monoisotopic (exact) mass is 582 g/mol. The number of benzene rings is 2. The highest BCUT2D eigenvalue weighted by Crippen LogP contribution is 2.36. The number of carbonyl (C=O) groups is 1. The molecule has 0 fully saturated rings. The van der Waals surface area contributed by atoms with E-state index in [1.807, 2.05) is 0 Å². The molecule has 27 heavy (non-hydrogen) atoms. The van der Waals surface area contributed by atoms with Gasteiger partial charge in [0.15, 0.2) is 6.29 Å². The fourth-order valence-electron chi connectivity index (χ4n) is 1.68. The molecular weight excluding hydrogens is 573 g/mol. The van der Waals surface area contributed by atoms with Crippen LogP contribution in [-0.4, -0.2) is 16.5 Å². The Morgan fingerprint density at radius 3 is 2.15 bits per heavy atom. The maximum atomic E-state index is 12.9. The smallest absolute Gasteiger partial charge is 0.154 e. The maximum Gasteiger partial charge on any atom is 0.154 e. The fraction of sp³-hybridized carbons (Fsp3) is 0.0667. The first-order chi connectivity index (χ1) is 12.3. The molecule has 0 saturated carbocycles. The zero-order chi connectivity index (χ0) is 20.0. The van der Waals surface area contributed by atoms with E-state index in [2.05, 4.69) is 42.1 Å². The third kappa shape index (κ3) is 6.10. The first-order valence-electron chi connectivity index (χ1n) is 6.27. The summed E-state index contributed by atoms with van der Waals surface area (Å²) in [6, 6.07) is 2.75. The second kappa shape index (κ2) is 11.9. The lowest BCUT2D eigenvalue weighted by Crippen LogP contribution is -1.90. The summed E-state index contributed by atoms with van der Waals surface area (Å²) in [6.07, 6.45) is 2.07. The summed E-state index contributed by atoms with van der Waals surface area (Å²) in [5.74, 6) is -0.689. The Morgan fingerprint density at radius 2 is 1.59 bits per heavy atom. The van der Waals surface area contributed by atoms with Crippen molar-refractivity contribution >= 4 is 95.5 Å². The second-order valence-electron chi connectivity index (χ2n) is 4.32. The number of aldehydes is 1. The van der Waals surface area contributed by atoms with Crippen LogP contribution in [-0.2, 0) is 0 Å². The van der Waals surface area contributed by atoms with Crippen molar-refractivity contribution < 1.29 is 10.6 Å². The van der Waals surface area contributed by atoms with Crippen molar-refractivity contribution in [1.82, 2.24) is 10.2 Å². The lowest BCUT2D eigenvalue weighted by atomic mass is 10.2. The minimum Gasteiger partial charge on any atom is -0.298 e. The van der Waals surface area contributed by atoms with Crippen LogP contribution in [0.15, 0.2) is 27.3 Å². The predicted octanol–water partition coefficient (Wildman–Crippen LogP) is 8.82. The Kier molecular flexibility index (Phi) is 11.6. The third-order valence-corrected chi connectivity index (χ3v) is 6.52. The molecule has 1 heterocycles. The van der Waals surface area contributed by atoms with Crippen LogP contribution in [0.1, 0.15) is 19.2 Å². The Hall–Kier alpha value is -0.770. The minimum absolute atomic E-state index is 0. The number of nitrogens with zero attached hydrogens (tertiary/aromatic N) is 1. The van der Waals surface area contributed by atoms with E-state index < -0.39 is 5.82 Å². The summed E-state index contributed by atoms with van der Waals surface area (Å²) in [7, 11) is 0. The molecule has 0 aliphatic carbocycles. The van der Waals surface area contributed by atoms with Crippen molar-refractivity contribution in [3.63, 3.8) is 0 Å². The van der Waals surface area contributed by atoms with Gasteiger partial charge in [-0.3, -0.25) is 9.89 Å². The van der Waals surface area contributed by atoms with Gasteiger partial charge in [0.1, 0.15) is 5.82 Å². The molecule has 3 aromatic rings. The molecule has 12 heteroatoms. The Labute approximate surface area is 192 Å². The summed E-state index contributed by atoms with van der Waals surface area (Å²) in [4.78, 5) is 10.3. The van der Waals surface area contributed by atoms with Crippen molar-refractivity contribution in [2.45, 2.75) is 7.43 Å². The van der Waals surface area contributed by atoms with Crippen LogP contribution in [0, 0.1) is 16.9 Å². The zero-order valence-electron chi connectivity index (χ0n) is 12.3. The number of aromatic amines is 1. The van der Waals surface area contributed by atoms with Crippen LogP contribution in [0.4, 0.5) is 4.39 Å². The lowest BCUT2D eigenvalue weighted by molar-refractivity contribution is 0.111. The summed E-state index contributed by atoms with van der Waals surface area (Å²) < 4.78 is 13.8. The lowest BCUT2D eigenvalue weighted by Gasteiger charge is -2.02. The van der Waals surface area contributed by atoms with Crippen molar-refractivity contribution in [1.29, 1.82) is 11.1 Å². The van der Waals surface area contributed by atoms with Gasteiger partial charge in [0.05, 0.1) is 41.8 Å². The van der Waals surface area contributed by atoms with Gasteiger partial charge < -0.3 is 0 Å². The third-order valence-electron chi connectivity index (χ3n) is 2.85. The molecule has 0 amide bonds. The van der Waals surface area contributed by atoms with Gasteiger partial charge in [0.25, 0.3) is 0 Å². The number of H-pyrrole nitrogens is 1. The molecule has 0 spiro atoms. The van der Waals surface area contributed by atoms with E-state index in [0.29, 0.717) is 16.3 Å². The molecule has 0 saturated heterocycles. The second-order valence-corrected chi connectivity index (χ2v) is 7.47. The molecule has 1 aromatic heterocycles. The maximum absolute atomic E-state index is 12.9. The van der Waals surface area contributed by atoms with Crippen LogP contribution < -0.4 is 0 Å². The number of aromatic nitrogens is 2. The first-order valence-corrected chi connectivity index (χ1v) is 9.37. The number of rotatable bonds is 1. The van der Waals surface area contributed by atoms with Gasteiger partial charge in [-0.05, 0) is 44.0 Å². The van der Waals surface area contributed by atoms with Crippen LogP contribution in [0.3, 0.4) is 0 Å². The number of hydrogen-bond acceptors (Lipinski definition) is 4. The molecule has 0 radical (unpaired) electrons.